The van der Waals surface area contributed by atoms with Gasteiger partial charge in [0.2, 0.25) is 0 Å². The molecule has 0 amide bonds. The van der Waals surface area contributed by atoms with Crippen LogP contribution in [0.5, 0.6) is 0 Å². The zero-order valence-corrected chi connectivity index (χ0v) is 9.04. The lowest BCUT2D eigenvalue weighted by Gasteiger charge is -2.55. The van der Waals surface area contributed by atoms with Gasteiger partial charge in [0.05, 0.1) is 6.10 Å². The van der Waals surface area contributed by atoms with E-state index >= 15 is 0 Å². The number of Topliss-reactive ketones (excluding diaryl/α,β-unsaturated/α-hetero) is 1. The summed E-state index contributed by atoms with van der Waals surface area (Å²) in [5.74, 6) is 1.18. The van der Waals surface area contributed by atoms with Crippen molar-refractivity contribution in [3.05, 3.63) is 12.2 Å². The molecule has 0 heterocycles. The van der Waals surface area contributed by atoms with Crippen molar-refractivity contribution in [3.8, 4) is 0 Å². The summed E-state index contributed by atoms with van der Waals surface area (Å²) in [6.07, 6.45) is 5.51. The molecule has 0 aromatic heterocycles. The van der Waals surface area contributed by atoms with Crippen molar-refractivity contribution in [1.29, 1.82) is 0 Å². The summed E-state index contributed by atoms with van der Waals surface area (Å²) in [6, 6.07) is 0. The van der Waals surface area contributed by atoms with Gasteiger partial charge in [-0.15, -0.1) is 0 Å². The lowest BCUT2D eigenvalue weighted by atomic mass is 9.49. The zero-order chi connectivity index (χ0) is 10.6. The van der Waals surface area contributed by atoms with E-state index in [1.165, 1.54) is 6.42 Å². The lowest BCUT2D eigenvalue weighted by molar-refractivity contribution is -0.140. The van der Waals surface area contributed by atoms with Crippen LogP contribution < -0.4 is 0 Å². The molecule has 4 aliphatic rings. The van der Waals surface area contributed by atoms with Crippen LogP contribution in [0.2, 0.25) is 0 Å². The zero-order valence-electron chi connectivity index (χ0n) is 9.04. The first-order chi connectivity index (χ1) is 7.12. The van der Waals surface area contributed by atoms with Crippen LogP contribution in [-0.2, 0) is 4.79 Å². The summed E-state index contributed by atoms with van der Waals surface area (Å²) < 4.78 is 0. The maximum atomic E-state index is 11.8. The first-order valence-electron chi connectivity index (χ1n) is 6.02. The number of ketones is 1. The predicted octanol–water partition coefficient (Wildman–Crippen LogP) is 2.07. The third-order valence-corrected chi connectivity index (χ3v) is 5.02. The minimum Gasteiger partial charge on any atom is -0.389 e. The number of aliphatic hydroxyl groups excluding tert-OH is 1. The lowest BCUT2D eigenvalue weighted by Crippen LogP contribution is -2.51. The summed E-state index contributed by atoms with van der Waals surface area (Å²) in [7, 11) is 0. The molecule has 2 heteroatoms. The van der Waals surface area contributed by atoms with Gasteiger partial charge in [-0.05, 0) is 49.0 Å². The molecule has 82 valence electrons. The monoisotopic (exact) mass is 206 g/mol. The fourth-order valence-electron chi connectivity index (χ4n) is 4.06. The minimum atomic E-state index is -0.310. The van der Waals surface area contributed by atoms with Crippen LogP contribution in [0, 0.1) is 17.3 Å². The van der Waals surface area contributed by atoms with Crippen molar-refractivity contribution in [2.45, 2.75) is 44.6 Å². The Labute approximate surface area is 90.4 Å². The molecule has 0 saturated heterocycles. The Balaban J connectivity index is 1.96. The van der Waals surface area contributed by atoms with E-state index in [0.29, 0.717) is 11.7 Å². The first-order valence-corrected chi connectivity index (χ1v) is 6.02. The second-order valence-corrected chi connectivity index (χ2v) is 5.66. The minimum absolute atomic E-state index is 0.197. The van der Waals surface area contributed by atoms with Gasteiger partial charge in [0.25, 0.3) is 0 Å². The molecule has 0 aromatic carbocycles. The van der Waals surface area contributed by atoms with Gasteiger partial charge in [-0.1, -0.05) is 6.58 Å². The van der Waals surface area contributed by atoms with Crippen LogP contribution in [-0.4, -0.2) is 17.0 Å². The van der Waals surface area contributed by atoms with E-state index in [2.05, 4.69) is 6.58 Å². The van der Waals surface area contributed by atoms with Gasteiger partial charge in [0, 0.05) is 12.3 Å². The summed E-state index contributed by atoms with van der Waals surface area (Å²) in [6.45, 7) is 4.06. The summed E-state index contributed by atoms with van der Waals surface area (Å²) in [4.78, 5) is 11.8. The van der Waals surface area contributed by atoms with E-state index in [-0.39, 0.29) is 17.4 Å². The second-order valence-electron chi connectivity index (χ2n) is 5.66. The molecule has 0 unspecified atom stereocenters. The second kappa shape index (κ2) is 2.94. The Morgan fingerprint density at radius 1 is 1.33 bits per heavy atom. The summed E-state index contributed by atoms with van der Waals surface area (Å²) >= 11 is 0. The van der Waals surface area contributed by atoms with E-state index in [1.807, 2.05) is 0 Å². The highest BCUT2D eigenvalue weighted by molar-refractivity contribution is 5.83. The van der Waals surface area contributed by atoms with Crippen LogP contribution in [0.3, 0.4) is 0 Å². The third kappa shape index (κ3) is 1.17. The van der Waals surface area contributed by atoms with Crippen molar-refractivity contribution in [2.75, 3.05) is 0 Å². The average molecular weight is 206 g/mol. The number of carbonyl (C=O) groups is 1. The molecule has 4 saturated carbocycles. The predicted molar refractivity (Wildman–Crippen MR) is 57.3 cm³/mol. The first kappa shape index (κ1) is 9.59. The Morgan fingerprint density at radius 3 is 2.80 bits per heavy atom. The molecule has 2 bridgehead atoms. The van der Waals surface area contributed by atoms with Crippen molar-refractivity contribution in [3.63, 3.8) is 0 Å². The standard InChI is InChI=1S/C13H18O2/c1-8-10-6-9-2-4-13(10,7-12(9)15)5-3-11(8)14/h9-11,14H,1-7H2/t9-,10+,11-,13+/m0/s1. The van der Waals surface area contributed by atoms with Gasteiger partial charge < -0.3 is 5.11 Å². The number of aliphatic hydroxyl groups is 1. The molecule has 0 radical (unpaired) electrons. The highest BCUT2D eigenvalue weighted by atomic mass is 16.3. The smallest absolute Gasteiger partial charge is 0.136 e. The van der Waals surface area contributed by atoms with Crippen molar-refractivity contribution < 1.29 is 9.90 Å². The third-order valence-electron chi connectivity index (χ3n) is 5.02. The van der Waals surface area contributed by atoms with Crippen molar-refractivity contribution >= 4 is 5.78 Å². The van der Waals surface area contributed by atoms with Crippen LogP contribution in [0.1, 0.15) is 38.5 Å². The summed E-state index contributed by atoms with van der Waals surface area (Å²) in [5.41, 5.74) is 1.21. The van der Waals surface area contributed by atoms with Gasteiger partial charge in [-0.2, -0.15) is 0 Å². The van der Waals surface area contributed by atoms with Gasteiger partial charge in [-0.3, -0.25) is 4.79 Å². The molecule has 2 nitrogen and oxygen atoms in total. The molecule has 1 N–H and O–H groups in total. The normalized spacial score (nSPS) is 49.3. The maximum absolute atomic E-state index is 11.8. The Morgan fingerprint density at radius 2 is 2.07 bits per heavy atom. The fraction of sp³-hybridized carbons (Fsp3) is 0.769. The molecular formula is C13H18O2. The quantitative estimate of drug-likeness (QED) is 0.616. The highest BCUT2D eigenvalue weighted by Gasteiger charge is 2.54. The van der Waals surface area contributed by atoms with E-state index in [0.717, 1.165) is 37.7 Å². The molecule has 4 atom stereocenters. The molecule has 0 aromatic rings. The van der Waals surface area contributed by atoms with E-state index < -0.39 is 0 Å². The molecule has 4 fully saturated rings. The van der Waals surface area contributed by atoms with Crippen LogP contribution in [0.25, 0.3) is 0 Å². The van der Waals surface area contributed by atoms with Crippen molar-refractivity contribution in [1.82, 2.24) is 0 Å². The molecule has 0 aliphatic heterocycles. The topological polar surface area (TPSA) is 37.3 Å². The van der Waals surface area contributed by atoms with Crippen molar-refractivity contribution in [2.24, 2.45) is 17.3 Å². The van der Waals surface area contributed by atoms with Gasteiger partial charge in [-0.25, -0.2) is 0 Å². The Bertz CT molecular complexity index is 333. The average Bonchev–Trinajstić information content (AvgIpc) is 2.24. The van der Waals surface area contributed by atoms with Gasteiger partial charge in [0.1, 0.15) is 5.78 Å². The molecule has 15 heavy (non-hydrogen) atoms. The molecular weight excluding hydrogens is 188 g/mol. The molecule has 1 spiro atoms. The van der Waals surface area contributed by atoms with E-state index in [4.69, 9.17) is 0 Å². The molecule has 4 rings (SSSR count). The van der Waals surface area contributed by atoms with Gasteiger partial charge >= 0.3 is 0 Å². The SMILES string of the molecule is C=C1[C@H]2C[C@@H]3CC[C@@]2(CC[C@@H]1O)CC3=O. The molecule has 4 aliphatic carbocycles. The fourth-order valence-corrected chi connectivity index (χ4v) is 4.06. The van der Waals surface area contributed by atoms with Crippen LogP contribution >= 0.6 is 0 Å². The number of carbonyl (C=O) groups excluding carboxylic acids is 1. The van der Waals surface area contributed by atoms with E-state index in [1.54, 1.807) is 0 Å². The number of hydrogen-bond acceptors (Lipinski definition) is 2. The number of fused-ring (bicyclic) bond motifs is 2. The van der Waals surface area contributed by atoms with Gasteiger partial charge in [0.15, 0.2) is 0 Å². The van der Waals surface area contributed by atoms with E-state index in [9.17, 15) is 9.90 Å². The highest BCUT2D eigenvalue weighted by Crippen LogP contribution is 2.59. The number of hydrogen-bond donors (Lipinski definition) is 1. The Kier molecular flexibility index (Phi) is 1.88. The number of rotatable bonds is 0. The van der Waals surface area contributed by atoms with Crippen LogP contribution in [0.4, 0.5) is 0 Å². The summed E-state index contributed by atoms with van der Waals surface area (Å²) in [5, 5.41) is 9.82. The maximum Gasteiger partial charge on any atom is 0.136 e. The largest absolute Gasteiger partial charge is 0.389 e. The Hall–Kier alpha value is -0.630. The van der Waals surface area contributed by atoms with Crippen LogP contribution in [0.15, 0.2) is 12.2 Å².